The summed E-state index contributed by atoms with van der Waals surface area (Å²) in [7, 11) is 1.88. The van der Waals surface area contributed by atoms with E-state index in [0.717, 1.165) is 43.5 Å². The van der Waals surface area contributed by atoms with Gasteiger partial charge in [-0.05, 0) is 20.0 Å². The zero-order valence-corrected chi connectivity index (χ0v) is 12.8. The summed E-state index contributed by atoms with van der Waals surface area (Å²) in [5.41, 5.74) is 0. The topological polar surface area (TPSA) is 53.1 Å². The highest BCUT2D eigenvalue weighted by atomic mass is 15.2. The molecular formula is C14H27N5. The van der Waals surface area contributed by atoms with Crippen molar-refractivity contribution in [2.45, 2.75) is 40.2 Å². The van der Waals surface area contributed by atoms with Crippen LogP contribution in [0.1, 0.15) is 33.5 Å². The zero-order valence-electron chi connectivity index (χ0n) is 12.8. The number of likely N-dealkylation sites (N-methyl/N-ethyl adjacent to an activating group) is 1. The minimum absolute atomic E-state index is 0.365. The molecule has 0 amide bonds. The Hall–Kier alpha value is -1.36. The minimum Gasteiger partial charge on any atom is -0.373 e. The molecule has 0 spiro atoms. The monoisotopic (exact) mass is 265 g/mol. The number of aryl methyl sites for hydroxylation is 1. The molecule has 0 aliphatic heterocycles. The van der Waals surface area contributed by atoms with Crippen molar-refractivity contribution in [3.8, 4) is 0 Å². The van der Waals surface area contributed by atoms with Gasteiger partial charge in [0.25, 0.3) is 0 Å². The number of hydrogen-bond donors (Lipinski definition) is 2. The molecule has 0 aliphatic rings. The van der Waals surface area contributed by atoms with E-state index in [1.807, 2.05) is 13.1 Å². The van der Waals surface area contributed by atoms with E-state index in [4.69, 9.17) is 0 Å². The summed E-state index contributed by atoms with van der Waals surface area (Å²) in [6.45, 7) is 11.8. The van der Waals surface area contributed by atoms with Gasteiger partial charge < -0.3 is 15.5 Å². The van der Waals surface area contributed by atoms with Crippen LogP contribution in [-0.4, -0.2) is 47.6 Å². The van der Waals surface area contributed by atoms with Crippen LogP contribution in [0.15, 0.2) is 6.07 Å². The maximum atomic E-state index is 4.52. The quantitative estimate of drug-likeness (QED) is 0.755. The second-order valence-electron chi connectivity index (χ2n) is 4.69. The van der Waals surface area contributed by atoms with E-state index in [-0.39, 0.29) is 0 Å². The van der Waals surface area contributed by atoms with Crippen LogP contribution in [0.4, 0.5) is 11.6 Å². The lowest BCUT2D eigenvalue weighted by Gasteiger charge is -2.24. The molecule has 108 valence electrons. The summed E-state index contributed by atoms with van der Waals surface area (Å²) in [5.74, 6) is 2.63. The fourth-order valence-electron chi connectivity index (χ4n) is 2.02. The molecule has 1 rings (SSSR count). The highest BCUT2D eigenvalue weighted by Gasteiger charge is 2.09. The lowest BCUT2D eigenvalue weighted by Crippen LogP contribution is -2.35. The molecule has 1 unspecified atom stereocenters. The molecule has 0 aromatic carbocycles. The molecule has 0 radical (unpaired) electrons. The van der Waals surface area contributed by atoms with E-state index in [1.54, 1.807) is 0 Å². The number of rotatable bonds is 8. The molecule has 5 heteroatoms. The van der Waals surface area contributed by atoms with Gasteiger partial charge in [0.15, 0.2) is 0 Å². The standard InChI is InChI=1S/C14H27N5/c1-6-12-17-13(15-5)9-14(18-12)16-11(4)10-19(7-2)8-3/h9,11H,6-8,10H2,1-5H3,(H2,15,16,17,18). The highest BCUT2D eigenvalue weighted by Crippen LogP contribution is 2.12. The van der Waals surface area contributed by atoms with E-state index in [1.165, 1.54) is 0 Å². The van der Waals surface area contributed by atoms with E-state index < -0.39 is 0 Å². The molecule has 5 nitrogen and oxygen atoms in total. The van der Waals surface area contributed by atoms with E-state index in [2.05, 4.69) is 53.2 Å². The van der Waals surface area contributed by atoms with E-state index >= 15 is 0 Å². The van der Waals surface area contributed by atoms with Crippen LogP contribution in [0.25, 0.3) is 0 Å². The summed E-state index contributed by atoms with van der Waals surface area (Å²) in [6, 6.07) is 2.32. The van der Waals surface area contributed by atoms with Gasteiger partial charge in [0.2, 0.25) is 0 Å². The molecule has 0 aliphatic carbocycles. The maximum Gasteiger partial charge on any atom is 0.132 e. The van der Waals surface area contributed by atoms with Crippen molar-refractivity contribution in [1.29, 1.82) is 0 Å². The van der Waals surface area contributed by atoms with Crippen molar-refractivity contribution >= 4 is 11.6 Å². The van der Waals surface area contributed by atoms with Crippen LogP contribution in [0, 0.1) is 0 Å². The Morgan fingerprint density at radius 2 is 1.79 bits per heavy atom. The Morgan fingerprint density at radius 1 is 1.16 bits per heavy atom. The fourth-order valence-corrected chi connectivity index (χ4v) is 2.02. The van der Waals surface area contributed by atoms with Crippen LogP contribution in [0.2, 0.25) is 0 Å². The van der Waals surface area contributed by atoms with Crippen molar-refractivity contribution < 1.29 is 0 Å². The van der Waals surface area contributed by atoms with Crippen molar-refractivity contribution in [3.05, 3.63) is 11.9 Å². The SMILES string of the molecule is CCc1nc(NC)cc(NC(C)CN(CC)CC)n1. The Morgan fingerprint density at radius 3 is 2.32 bits per heavy atom. The first-order chi connectivity index (χ1) is 9.12. The van der Waals surface area contributed by atoms with Gasteiger partial charge >= 0.3 is 0 Å². The zero-order chi connectivity index (χ0) is 14.3. The third-order valence-corrected chi connectivity index (χ3v) is 3.17. The van der Waals surface area contributed by atoms with E-state index in [9.17, 15) is 0 Å². The van der Waals surface area contributed by atoms with Crippen LogP contribution in [0.3, 0.4) is 0 Å². The molecule has 0 fully saturated rings. The van der Waals surface area contributed by atoms with Crippen LogP contribution >= 0.6 is 0 Å². The third-order valence-electron chi connectivity index (χ3n) is 3.17. The van der Waals surface area contributed by atoms with Crippen LogP contribution in [0.5, 0.6) is 0 Å². The predicted octanol–water partition coefficient (Wildman–Crippen LogP) is 2.22. The average Bonchev–Trinajstić information content (AvgIpc) is 2.44. The molecule has 19 heavy (non-hydrogen) atoms. The molecule has 1 atom stereocenters. The second-order valence-corrected chi connectivity index (χ2v) is 4.69. The number of hydrogen-bond acceptors (Lipinski definition) is 5. The van der Waals surface area contributed by atoms with Crippen molar-refractivity contribution in [2.75, 3.05) is 37.3 Å². The Labute approximate surface area is 116 Å². The molecule has 1 heterocycles. The number of anilines is 2. The van der Waals surface area contributed by atoms with Gasteiger partial charge in [-0.1, -0.05) is 20.8 Å². The van der Waals surface area contributed by atoms with Gasteiger partial charge in [-0.3, -0.25) is 0 Å². The summed E-state index contributed by atoms with van der Waals surface area (Å²) >= 11 is 0. The van der Waals surface area contributed by atoms with Gasteiger partial charge in [0.1, 0.15) is 17.5 Å². The summed E-state index contributed by atoms with van der Waals surface area (Å²) in [5, 5.41) is 6.53. The van der Waals surface area contributed by atoms with Crippen LogP contribution < -0.4 is 10.6 Å². The minimum atomic E-state index is 0.365. The highest BCUT2D eigenvalue weighted by molar-refractivity contribution is 5.47. The smallest absolute Gasteiger partial charge is 0.132 e. The first kappa shape index (κ1) is 15.7. The first-order valence-electron chi connectivity index (χ1n) is 7.17. The number of nitrogens with one attached hydrogen (secondary N) is 2. The summed E-state index contributed by atoms with van der Waals surface area (Å²) < 4.78 is 0. The van der Waals surface area contributed by atoms with Crippen molar-refractivity contribution in [2.24, 2.45) is 0 Å². The first-order valence-corrected chi connectivity index (χ1v) is 7.17. The van der Waals surface area contributed by atoms with Crippen molar-refractivity contribution in [1.82, 2.24) is 14.9 Å². The molecule has 1 aromatic heterocycles. The maximum absolute atomic E-state index is 4.52. The van der Waals surface area contributed by atoms with Gasteiger partial charge in [-0.25, -0.2) is 9.97 Å². The van der Waals surface area contributed by atoms with Crippen LogP contribution in [-0.2, 0) is 6.42 Å². The molecular weight excluding hydrogens is 238 g/mol. The average molecular weight is 265 g/mol. The summed E-state index contributed by atoms with van der Waals surface area (Å²) in [4.78, 5) is 11.3. The fraction of sp³-hybridized carbons (Fsp3) is 0.714. The molecule has 1 aromatic rings. The second kappa shape index (κ2) is 7.94. The Kier molecular flexibility index (Phi) is 6.56. The summed E-state index contributed by atoms with van der Waals surface area (Å²) in [6.07, 6.45) is 0.842. The van der Waals surface area contributed by atoms with E-state index in [0.29, 0.717) is 6.04 Å². The van der Waals surface area contributed by atoms with Gasteiger partial charge in [0, 0.05) is 32.1 Å². The predicted molar refractivity (Wildman–Crippen MR) is 81.8 cm³/mol. The number of aromatic nitrogens is 2. The number of nitrogens with zero attached hydrogens (tertiary/aromatic N) is 3. The third kappa shape index (κ3) is 5.03. The van der Waals surface area contributed by atoms with Gasteiger partial charge in [-0.2, -0.15) is 0 Å². The Balaban J connectivity index is 2.69. The van der Waals surface area contributed by atoms with Gasteiger partial charge in [0.05, 0.1) is 0 Å². The molecule has 0 saturated carbocycles. The lowest BCUT2D eigenvalue weighted by atomic mass is 10.3. The molecule has 2 N–H and O–H groups in total. The Bertz CT molecular complexity index is 354. The largest absolute Gasteiger partial charge is 0.373 e. The van der Waals surface area contributed by atoms with Gasteiger partial charge in [-0.15, -0.1) is 0 Å². The lowest BCUT2D eigenvalue weighted by molar-refractivity contribution is 0.294. The van der Waals surface area contributed by atoms with Crippen molar-refractivity contribution in [3.63, 3.8) is 0 Å². The molecule has 0 saturated heterocycles. The normalized spacial score (nSPS) is 12.5. The molecule has 0 bridgehead atoms.